The molecule has 24 heavy (non-hydrogen) atoms. The number of hydrogen-bond donors (Lipinski definition) is 1. The highest BCUT2D eigenvalue weighted by atomic mass is 35.5. The van der Waals surface area contributed by atoms with Gasteiger partial charge < -0.3 is 10.1 Å². The summed E-state index contributed by atoms with van der Waals surface area (Å²) < 4.78 is 18.4. The Morgan fingerprint density at radius 2 is 1.83 bits per heavy atom. The number of benzene rings is 2. The van der Waals surface area contributed by atoms with Gasteiger partial charge in [-0.15, -0.1) is 0 Å². The molecule has 0 saturated heterocycles. The largest absolute Gasteiger partial charge is 0.482 e. The lowest BCUT2D eigenvalue weighted by Gasteiger charge is -2.25. The number of rotatable bonds is 6. The van der Waals surface area contributed by atoms with E-state index in [2.05, 4.69) is 5.32 Å². The molecular weight excluding hydrogens is 352 g/mol. The Labute approximate surface area is 150 Å². The molecule has 1 amide bonds. The van der Waals surface area contributed by atoms with Gasteiger partial charge in [0.15, 0.2) is 6.61 Å². The van der Waals surface area contributed by atoms with Gasteiger partial charge in [0.1, 0.15) is 11.6 Å². The number of halogens is 3. The minimum absolute atomic E-state index is 0.152. The van der Waals surface area contributed by atoms with Crippen molar-refractivity contribution in [3.8, 4) is 5.75 Å². The Hall–Kier alpha value is -1.78. The van der Waals surface area contributed by atoms with Gasteiger partial charge in [-0.2, -0.15) is 0 Å². The maximum absolute atomic E-state index is 13.0. The van der Waals surface area contributed by atoms with Crippen LogP contribution in [0.1, 0.15) is 19.4 Å². The lowest BCUT2D eigenvalue weighted by atomic mass is 9.84. The number of nitrogens with one attached hydrogen (secondary N) is 1. The molecule has 0 heterocycles. The highest BCUT2D eigenvalue weighted by Gasteiger charge is 2.21. The molecular formula is C18H18Cl2FNO2. The van der Waals surface area contributed by atoms with Crippen LogP contribution in [0.25, 0.3) is 0 Å². The molecule has 128 valence electrons. The summed E-state index contributed by atoms with van der Waals surface area (Å²) in [6.45, 7) is 4.19. The Kier molecular flexibility index (Phi) is 6.08. The van der Waals surface area contributed by atoms with E-state index in [1.165, 1.54) is 12.1 Å². The SMILES string of the molecule is CC(C)(CNC(=O)COc1ccc(Cl)cc1Cl)c1ccc(F)cc1. The van der Waals surface area contributed by atoms with Crippen LogP contribution < -0.4 is 10.1 Å². The average Bonchev–Trinajstić information content (AvgIpc) is 2.52. The van der Waals surface area contributed by atoms with Gasteiger partial charge in [0.25, 0.3) is 5.91 Å². The van der Waals surface area contributed by atoms with E-state index in [1.54, 1.807) is 30.3 Å². The third kappa shape index (κ3) is 5.11. The Bertz CT molecular complexity index is 717. The summed E-state index contributed by atoms with van der Waals surface area (Å²) in [5.41, 5.74) is 0.604. The minimum atomic E-state index is -0.332. The second kappa shape index (κ2) is 7.86. The maximum Gasteiger partial charge on any atom is 0.257 e. The zero-order chi connectivity index (χ0) is 17.7. The molecule has 0 radical (unpaired) electrons. The fourth-order valence-electron chi connectivity index (χ4n) is 2.11. The van der Waals surface area contributed by atoms with Gasteiger partial charge in [0.05, 0.1) is 5.02 Å². The molecule has 0 unspecified atom stereocenters. The summed E-state index contributed by atoms with van der Waals surface area (Å²) in [6, 6.07) is 11.0. The van der Waals surface area contributed by atoms with E-state index in [4.69, 9.17) is 27.9 Å². The second-order valence-electron chi connectivity index (χ2n) is 6.03. The van der Waals surface area contributed by atoms with Crippen molar-refractivity contribution < 1.29 is 13.9 Å². The summed E-state index contributed by atoms with van der Waals surface area (Å²) in [7, 11) is 0. The molecule has 0 atom stereocenters. The summed E-state index contributed by atoms with van der Waals surface area (Å²) in [6.07, 6.45) is 0. The predicted molar refractivity (Wildman–Crippen MR) is 94.4 cm³/mol. The molecule has 0 aromatic heterocycles. The first-order chi connectivity index (χ1) is 11.3. The van der Waals surface area contributed by atoms with Gasteiger partial charge in [-0.3, -0.25) is 4.79 Å². The predicted octanol–water partition coefficient (Wildman–Crippen LogP) is 4.61. The normalized spacial score (nSPS) is 11.2. The molecule has 2 aromatic rings. The lowest BCUT2D eigenvalue weighted by Crippen LogP contribution is -2.38. The molecule has 0 aliphatic carbocycles. The third-order valence-corrected chi connectivity index (χ3v) is 4.14. The van der Waals surface area contributed by atoms with Gasteiger partial charge in [-0.05, 0) is 35.9 Å². The van der Waals surface area contributed by atoms with Crippen molar-refractivity contribution in [1.29, 1.82) is 0 Å². The molecule has 0 aliphatic heterocycles. The summed E-state index contributed by atoms with van der Waals surface area (Å²) in [5, 5.41) is 3.66. The monoisotopic (exact) mass is 369 g/mol. The van der Waals surface area contributed by atoms with Crippen LogP contribution in [0.2, 0.25) is 10.0 Å². The lowest BCUT2D eigenvalue weighted by molar-refractivity contribution is -0.123. The fraction of sp³-hybridized carbons (Fsp3) is 0.278. The summed E-state index contributed by atoms with van der Waals surface area (Å²) in [5.74, 6) is -0.156. The van der Waals surface area contributed by atoms with Gasteiger partial charge in [0, 0.05) is 17.0 Å². The number of carbonyl (C=O) groups is 1. The van der Waals surface area contributed by atoms with Crippen molar-refractivity contribution >= 4 is 29.1 Å². The molecule has 0 saturated carbocycles. The number of amides is 1. The minimum Gasteiger partial charge on any atom is -0.482 e. The van der Waals surface area contributed by atoms with Crippen LogP contribution in [0.15, 0.2) is 42.5 Å². The van der Waals surface area contributed by atoms with Gasteiger partial charge in [-0.1, -0.05) is 49.2 Å². The smallest absolute Gasteiger partial charge is 0.257 e. The average molecular weight is 370 g/mol. The quantitative estimate of drug-likeness (QED) is 0.807. The van der Waals surface area contributed by atoms with E-state index >= 15 is 0 Å². The highest BCUT2D eigenvalue weighted by molar-refractivity contribution is 6.35. The van der Waals surface area contributed by atoms with E-state index in [1.807, 2.05) is 13.8 Å². The van der Waals surface area contributed by atoms with Gasteiger partial charge >= 0.3 is 0 Å². The van der Waals surface area contributed by atoms with Crippen molar-refractivity contribution in [2.75, 3.05) is 13.2 Å². The summed E-state index contributed by atoms with van der Waals surface area (Å²) in [4.78, 5) is 12.0. The molecule has 0 aliphatic rings. The zero-order valence-electron chi connectivity index (χ0n) is 13.4. The van der Waals surface area contributed by atoms with E-state index in [0.717, 1.165) is 5.56 Å². The van der Waals surface area contributed by atoms with Crippen molar-refractivity contribution in [2.24, 2.45) is 0 Å². The molecule has 0 bridgehead atoms. The summed E-state index contributed by atoms with van der Waals surface area (Å²) >= 11 is 11.8. The van der Waals surface area contributed by atoms with Gasteiger partial charge in [0.2, 0.25) is 0 Å². The number of ether oxygens (including phenoxy) is 1. The molecule has 2 rings (SSSR count). The van der Waals surface area contributed by atoms with E-state index in [-0.39, 0.29) is 23.7 Å². The molecule has 3 nitrogen and oxygen atoms in total. The van der Waals surface area contributed by atoms with Crippen LogP contribution in [0, 0.1) is 5.82 Å². The van der Waals surface area contributed by atoms with Crippen molar-refractivity contribution in [3.63, 3.8) is 0 Å². The Morgan fingerprint density at radius 1 is 1.17 bits per heavy atom. The third-order valence-electron chi connectivity index (χ3n) is 3.61. The van der Waals surface area contributed by atoms with Crippen LogP contribution in [-0.4, -0.2) is 19.1 Å². The van der Waals surface area contributed by atoms with Gasteiger partial charge in [-0.25, -0.2) is 4.39 Å². The van der Waals surface area contributed by atoms with Crippen molar-refractivity contribution in [3.05, 3.63) is 63.9 Å². The van der Waals surface area contributed by atoms with Crippen LogP contribution >= 0.6 is 23.2 Å². The second-order valence-corrected chi connectivity index (χ2v) is 6.87. The van der Waals surface area contributed by atoms with Crippen LogP contribution in [-0.2, 0) is 10.2 Å². The van der Waals surface area contributed by atoms with Crippen LogP contribution in [0.5, 0.6) is 5.75 Å². The topological polar surface area (TPSA) is 38.3 Å². The van der Waals surface area contributed by atoms with Crippen molar-refractivity contribution in [1.82, 2.24) is 5.32 Å². The molecule has 6 heteroatoms. The first kappa shape index (κ1) is 18.6. The first-order valence-electron chi connectivity index (χ1n) is 7.38. The molecule has 2 aromatic carbocycles. The van der Waals surface area contributed by atoms with Crippen LogP contribution in [0.4, 0.5) is 4.39 Å². The number of carbonyl (C=O) groups excluding carboxylic acids is 1. The Morgan fingerprint density at radius 3 is 2.46 bits per heavy atom. The van der Waals surface area contributed by atoms with E-state index in [0.29, 0.717) is 22.3 Å². The number of hydrogen-bond acceptors (Lipinski definition) is 2. The maximum atomic E-state index is 13.0. The molecule has 0 fully saturated rings. The standard InChI is InChI=1S/C18H18Cl2FNO2/c1-18(2,12-3-6-14(21)7-4-12)11-22-17(23)10-24-16-8-5-13(19)9-15(16)20/h3-9H,10-11H2,1-2H3,(H,22,23). The zero-order valence-corrected chi connectivity index (χ0v) is 14.9. The highest BCUT2D eigenvalue weighted by Crippen LogP contribution is 2.27. The van der Waals surface area contributed by atoms with Crippen LogP contribution in [0.3, 0.4) is 0 Å². The molecule has 1 N–H and O–H groups in total. The first-order valence-corrected chi connectivity index (χ1v) is 8.14. The fourth-order valence-corrected chi connectivity index (χ4v) is 2.57. The van der Waals surface area contributed by atoms with Crippen molar-refractivity contribution in [2.45, 2.75) is 19.3 Å². The van der Waals surface area contributed by atoms with E-state index < -0.39 is 0 Å². The Balaban J connectivity index is 1.87. The molecule has 0 spiro atoms. The van der Waals surface area contributed by atoms with E-state index in [9.17, 15) is 9.18 Å².